The number of thiophene rings is 1. The molecular weight excluding hydrogens is 477 g/mol. The number of hydrogen-bond acceptors (Lipinski definition) is 2. The highest BCUT2D eigenvalue weighted by Crippen LogP contribution is 2.25. The number of ether oxygens (including phenoxy) is 1. The summed E-state index contributed by atoms with van der Waals surface area (Å²) in [7, 11) is 4.63. The van der Waals surface area contributed by atoms with Gasteiger partial charge in [0.25, 0.3) is 0 Å². The van der Waals surface area contributed by atoms with E-state index in [1.165, 1.54) is 41.6 Å². The van der Waals surface area contributed by atoms with Gasteiger partial charge in [0, 0.05) is 12.8 Å². The van der Waals surface area contributed by atoms with Gasteiger partial charge >= 0.3 is 0 Å². The highest BCUT2D eigenvalue weighted by molar-refractivity contribution is 14.0. The molecule has 2 aromatic carbocycles. The first-order valence-electron chi connectivity index (χ1n) is 9.76. The number of likely N-dealkylation sites (tertiary alicyclic amines) is 1. The minimum atomic E-state index is 0. The first-order valence-corrected chi connectivity index (χ1v) is 10.7. The van der Waals surface area contributed by atoms with Crippen LogP contribution in [0.1, 0.15) is 24.0 Å². The van der Waals surface area contributed by atoms with Crippen molar-refractivity contribution in [1.29, 1.82) is 0 Å². The van der Waals surface area contributed by atoms with E-state index in [1.807, 2.05) is 0 Å². The third kappa shape index (κ3) is 5.16. The highest BCUT2D eigenvalue weighted by atomic mass is 127. The summed E-state index contributed by atoms with van der Waals surface area (Å²) in [5.74, 6) is 0.985. The van der Waals surface area contributed by atoms with Crippen molar-refractivity contribution in [2.75, 3.05) is 27.2 Å². The van der Waals surface area contributed by atoms with Gasteiger partial charge in [-0.1, -0.05) is 36.4 Å². The van der Waals surface area contributed by atoms with Crippen LogP contribution < -0.4 is 4.74 Å². The van der Waals surface area contributed by atoms with Crippen molar-refractivity contribution in [3.05, 3.63) is 76.5 Å². The summed E-state index contributed by atoms with van der Waals surface area (Å²) in [6.45, 7) is 2.08. The van der Waals surface area contributed by atoms with Gasteiger partial charge in [0.05, 0.1) is 20.6 Å². The van der Waals surface area contributed by atoms with Crippen LogP contribution in [0.3, 0.4) is 0 Å². The maximum atomic E-state index is 6.07. The Balaban J connectivity index is 0.00000225. The lowest BCUT2D eigenvalue weighted by atomic mass is 10.0. The molecule has 1 fully saturated rings. The SMILES string of the molecule is C[N+]1(C)CCC[C@@H]1COc1ccc(Cc2ccc(-c3ccsc3)cc2)cc1.I. The van der Waals surface area contributed by atoms with E-state index in [0.29, 0.717) is 6.04 Å². The third-order valence-corrected chi connectivity index (χ3v) is 6.53. The molecule has 1 atom stereocenters. The van der Waals surface area contributed by atoms with E-state index < -0.39 is 0 Å². The number of rotatable bonds is 6. The molecule has 4 rings (SSSR count). The molecule has 0 aliphatic carbocycles. The Bertz CT molecular complexity index is 857. The fourth-order valence-corrected chi connectivity index (χ4v) is 4.59. The van der Waals surface area contributed by atoms with E-state index in [2.05, 4.69) is 79.5 Å². The van der Waals surface area contributed by atoms with Gasteiger partial charge < -0.3 is 9.22 Å². The molecule has 4 heteroatoms. The van der Waals surface area contributed by atoms with E-state index >= 15 is 0 Å². The first kappa shape index (κ1) is 21.3. The Morgan fingerprint density at radius 1 is 0.929 bits per heavy atom. The number of halogens is 1. The number of nitrogens with zero attached hydrogens (tertiary/aromatic N) is 1. The zero-order chi connectivity index (χ0) is 18.7. The fourth-order valence-electron chi connectivity index (χ4n) is 3.93. The molecule has 2 heterocycles. The number of quaternary nitrogens is 1. The molecule has 0 saturated carbocycles. The molecule has 1 aliphatic rings. The van der Waals surface area contributed by atoms with E-state index in [9.17, 15) is 0 Å². The second-order valence-electron chi connectivity index (χ2n) is 8.14. The number of hydrogen-bond donors (Lipinski definition) is 0. The number of benzene rings is 2. The highest BCUT2D eigenvalue weighted by Gasteiger charge is 2.34. The monoisotopic (exact) mass is 506 g/mol. The molecule has 1 saturated heterocycles. The molecule has 0 bridgehead atoms. The van der Waals surface area contributed by atoms with Crippen molar-refractivity contribution >= 4 is 35.3 Å². The first-order chi connectivity index (χ1) is 13.1. The molecule has 1 aromatic heterocycles. The smallest absolute Gasteiger partial charge is 0.140 e. The van der Waals surface area contributed by atoms with Crippen LogP contribution in [-0.2, 0) is 6.42 Å². The average molecular weight is 506 g/mol. The van der Waals surface area contributed by atoms with Crippen LogP contribution in [-0.4, -0.2) is 37.8 Å². The van der Waals surface area contributed by atoms with Gasteiger partial charge in [0.1, 0.15) is 18.4 Å². The lowest BCUT2D eigenvalue weighted by Gasteiger charge is -2.31. The maximum Gasteiger partial charge on any atom is 0.140 e. The molecule has 0 N–H and O–H groups in total. The van der Waals surface area contributed by atoms with Gasteiger partial charge in [0.15, 0.2) is 0 Å². The van der Waals surface area contributed by atoms with Crippen LogP contribution in [0.2, 0.25) is 0 Å². The normalized spacial score (nSPS) is 17.9. The quantitative estimate of drug-likeness (QED) is 0.284. The third-order valence-electron chi connectivity index (χ3n) is 5.84. The Kier molecular flexibility index (Phi) is 7.18. The summed E-state index contributed by atoms with van der Waals surface area (Å²) in [6, 6.07) is 20.3. The lowest BCUT2D eigenvalue weighted by Crippen LogP contribution is -2.46. The van der Waals surface area contributed by atoms with Gasteiger partial charge in [-0.15, -0.1) is 24.0 Å². The summed E-state index contributed by atoms with van der Waals surface area (Å²) in [6.07, 6.45) is 3.54. The largest absolute Gasteiger partial charge is 0.487 e. The summed E-state index contributed by atoms with van der Waals surface area (Å²) in [5, 5.41) is 4.32. The van der Waals surface area contributed by atoms with Gasteiger partial charge in [-0.3, -0.25) is 0 Å². The van der Waals surface area contributed by atoms with Gasteiger partial charge in [-0.05, 0) is 57.6 Å². The van der Waals surface area contributed by atoms with Crippen LogP contribution in [0.25, 0.3) is 11.1 Å². The predicted molar refractivity (Wildman–Crippen MR) is 130 cm³/mol. The molecule has 2 nitrogen and oxygen atoms in total. The second kappa shape index (κ2) is 9.42. The average Bonchev–Trinajstić information content (AvgIpc) is 3.31. The Morgan fingerprint density at radius 3 is 2.18 bits per heavy atom. The van der Waals surface area contributed by atoms with Crippen molar-refractivity contribution in [3.63, 3.8) is 0 Å². The van der Waals surface area contributed by atoms with Crippen molar-refractivity contribution in [1.82, 2.24) is 0 Å². The molecule has 0 unspecified atom stereocenters. The van der Waals surface area contributed by atoms with E-state index in [-0.39, 0.29) is 24.0 Å². The Hall–Kier alpha value is -1.37. The maximum absolute atomic E-state index is 6.07. The van der Waals surface area contributed by atoms with Crippen LogP contribution >= 0.6 is 35.3 Å². The van der Waals surface area contributed by atoms with Crippen molar-refractivity contribution in [3.8, 4) is 16.9 Å². The molecule has 3 aromatic rings. The molecule has 0 spiro atoms. The molecule has 148 valence electrons. The summed E-state index contributed by atoms with van der Waals surface area (Å²) >= 11 is 1.74. The summed E-state index contributed by atoms with van der Waals surface area (Å²) in [4.78, 5) is 0. The van der Waals surface area contributed by atoms with Gasteiger partial charge in [-0.2, -0.15) is 11.3 Å². The minimum Gasteiger partial charge on any atom is -0.487 e. The topological polar surface area (TPSA) is 9.23 Å². The van der Waals surface area contributed by atoms with Crippen molar-refractivity contribution in [2.45, 2.75) is 25.3 Å². The summed E-state index contributed by atoms with van der Waals surface area (Å²) in [5.41, 5.74) is 5.25. The zero-order valence-corrected chi connectivity index (χ0v) is 19.8. The fraction of sp³-hybridized carbons (Fsp3) is 0.333. The summed E-state index contributed by atoms with van der Waals surface area (Å²) < 4.78 is 7.16. The molecule has 0 amide bonds. The van der Waals surface area contributed by atoms with Crippen molar-refractivity contribution in [2.24, 2.45) is 0 Å². The van der Waals surface area contributed by atoms with E-state index in [4.69, 9.17) is 4.74 Å². The standard InChI is InChI=1S/C24H28NOS.HI/c1-25(2)14-3-4-23(25)17-26-24-11-7-20(8-12-24)16-19-5-9-21(10-6-19)22-13-15-27-18-22;/h5-13,15,18,23H,3-4,14,16-17H2,1-2H3;1H/q+1;/t23-;/m1./s1. The van der Waals surface area contributed by atoms with Crippen LogP contribution in [0, 0.1) is 0 Å². The van der Waals surface area contributed by atoms with Gasteiger partial charge in [-0.25, -0.2) is 0 Å². The molecular formula is C24H29INOS+. The zero-order valence-electron chi connectivity index (χ0n) is 16.6. The predicted octanol–water partition coefficient (Wildman–Crippen LogP) is 6.24. The molecule has 28 heavy (non-hydrogen) atoms. The van der Waals surface area contributed by atoms with Crippen LogP contribution in [0.15, 0.2) is 65.4 Å². The van der Waals surface area contributed by atoms with E-state index in [1.54, 1.807) is 11.3 Å². The second-order valence-corrected chi connectivity index (χ2v) is 8.92. The van der Waals surface area contributed by atoms with E-state index in [0.717, 1.165) is 23.3 Å². The molecule has 1 aliphatic heterocycles. The van der Waals surface area contributed by atoms with Crippen LogP contribution in [0.5, 0.6) is 5.75 Å². The minimum absolute atomic E-state index is 0. The van der Waals surface area contributed by atoms with Crippen molar-refractivity contribution < 1.29 is 9.22 Å². The number of likely N-dealkylation sites (N-methyl/N-ethyl adjacent to an activating group) is 1. The Morgan fingerprint density at radius 2 is 1.61 bits per heavy atom. The van der Waals surface area contributed by atoms with Gasteiger partial charge in [0.2, 0.25) is 0 Å². The van der Waals surface area contributed by atoms with Crippen LogP contribution in [0.4, 0.5) is 0 Å². The lowest BCUT2D eigenvalue weighted by molar-refractivity contribution is -0.902. The molecule has 0 radical (unpaired) electrons. The Labute approximate surface area is 189 Å².